The lowest BCUT2D eigenvalue weighted by atomic mass is 10.0. The van der Waals surface area contributed by atoms with Crippen LogP contribution in [0.15, 0.2) is 71.8 Å². The number of carbonyl (C=O) groups is 2. The van der Waals surface area contributed by atoms with Crippen LogP contribution in [0.4, 0.5) is 14.9 Å². The lowest BCUT2D eigenvalue weighted by Crippen LogP contribution is -2.33. The van der Waals surface area contributed by atoms with Crippen LogP contribution in [-0.4, -0.2) is 44.6 Å². The van der Waals surface area contributed by atoms with E-state index in [1.165, 1.54) is 48.2 Å². The van der Waals surface area contributed by atoms with Gasteiger partial charge in [0.05, 0.1) is 35.9 Å². The number of cyclic esters (lactones) is 1. The van der Waals surface area contributed by atoms with E-state index < -0.39 is 28.0 Å². The average Bonchev–Trinajstić information content (AvgIpc) is 3.23. The Labute approximate surface area is 202 Å². The zero-order chi connectivity index (χ0) is 25.0. The molecule has 1 aliphatic heterocycles. The van der Waals surface area contributed by atoms with Crippen molar-refractivity contribution < 1.29 is 27.1 Å². The molecule has 2 heterocycles. The Kier molecular flexibility index (Phi) is 7.08. The smallest absolute Gasteiger partial charge is 0.414 e. The lowest BCUT2D eigenvalue weighted by Gasteiger charge is -2.15. The molecular formula is C24H23FN4O5S. The van der Waals surface area contributed by atoms with Crippen LogP contribution >= 0.6 is 0 Å². The van der Waals surface area contributed by atoms with Gasteiger partial charge in [0.2, 0.25) is 15.9 Å². The molecule has 1 atom stereocenters. The standard InChI is InChI=1S/C24H23FN4O5S/c1-16(30)27-14-20-15-29(24(31)34-20)19-7-10-22(23(25)12-19)17-5-8-21(9-6-17)35(32,33)28-13-18-4-2-3-11-26-18/h2-12,20,28H,13-15H2,1H3,(H,27,30)/t20-/m0/s1. The van der Waals surface area contributed by atoms with Crippen molar-refractivity contribution in [3.8, 4) is 11.1 Å². The van der Waals surface area contributed by atoms with Gasteiger partial charge in [-0.2, -0.15) is 0 Å². The maximum atomic E-state index is 14.9. The number of amides is 2. The van der Waals surface area contributed by atoms with Gasteiger partial charge >= 0.3 is 6.09 Å². The van der Waals surface area contributed by atoms with E-state index in [9.17, 15) is 22.4 Å². The molecule has 0 aliphatic carbocycles. The van der Waals surface area contributed by atoms with E-state index in [0.29, 0.717) is 16.9 Å². The van der Waals surface area contributed by atoms with Crippen LogP contribution in [0.2, 0.25) is 0 Å². The number of benzene rings is 2. The summed E-state index contributed by atoms with van der Waals surface area (Å²) in [6.07, 6.45) is 0.421. The van der Waals surface area contributed by atoms with Crippen molar-refractivity contribution in [2.24, 2.45) is 0 Å². The molecule has 11 heteroatoms. The predicted molar refractivity (Wildman–Crippen MR) is 126 cm³/mol. The normalized spacial score (nSPS) is 15.7. The quantitative estimate of drug-likeness (QED) is 0.493. The van der Waals surface area contributed by atoms with Gasteiger partial charge in [0, 0.05) is 18.7 Å². The van der Waals surface area contributed by atoms with E-state index in [2.05, 4.69) is 15.0 Å². The van der Waals surface area contributed by atoms with E-state index >= 15 is 0 Å². The number of halogens is 1. The van der Waals surface area contributed by atoms with E-state index in [1.54, 1.807) is 30.5 Å². The van der Waals surface area contributed by atoms with Gasteiger partial charge < -0.3 is 10.1 Å². The van der Waals surface area contributed by atoms with Crippen molar-refractivity contribution >= 4 is 27.7 Å². The second kappa shape index (κ2) is 10.2. The summed E-state index contributed by atoms with van der Waals surface area (Å²) in [6.45, 7) is 1.76. The number of hydrogen-bond acceptors (Lipinski definition) is 6. The van der Waals surface area contributed by atoms with Crippen LogP contribution in [-0.2, 0) is 26.1 Å². The van der Waals surface area contributed by atoms with Gasteiger partial charge in [-0.25, -0.2) is 22.3 Å². The highest BCUT2D eigenvalue weighted by atomic mass is 32.2. The van der Waals surface area contributed by atoms with Crippen LogP contribution in [0.3, 0.4) is 0 Å². The van der Waals surface area contributed by atoms with Gasteiger partial charge in [0.1, 0.15) is 11.9 Å². The van der Waals surface area contributed by atoms with Crippen LogP contribution in [0, 0.1) is 5.82 Å². The fourth-order valence-corrected chi connectivity index (χ4v) is 4.57. The molecule has 0 unspecified atom stereocenters. The second-order valence-corrected chi connectivity index (χ2v) is 9.65. The van der Waals surface area contributed by atoms with E-state index in [4.69, 9.17) is 4.74 Å². The molecule has 1 aromatic heterocycles. The molecule has 35 heavy (non-hydrogen) atoms. The lowest BCUT2D eigenvalue weighted by molar-refractivity contribution is -0.119. The topological polar surface area (TPSA) is 118 Å². The largest absolute Gasteiger partial charge is 0.442 e. The van der Waals surface area contributed by atoms with Crippen molar-refractivity contribution in [2.75, 3.05) is 18.0 Å². The molecule has 0 spiro atoms. The molecule has 0 bridgehead atoms. The molecule has 3 aromatic rings. The Morgan fingerprint density at radius 2 is 1.94 bits per heavy atom. The number of nitrogens with zero attached hydrogens (tertiary/aromatic N) is 2. The van der Waals surface area contributed by atoms with Gasteiger partial charge in [0.15, 0.2) is 0 Å². The summed E-state index contributed by atoms with van der Waals surface area (Å²) in [5.74, 6) is -0.817. The summed E-state index contributed by atoms with van der Waals surface area (Å²) in [5.41, 5.74) is 1.63. The fourth-order valence-electron chi connectivity index (χ4n) is 3.57. The Balaban J connectivity index is 1.45. The third-order valence-electron chi connectivity index (χ3n) is 5.36. The van der Waals surface area contributed by atoms with Gasteiger partial charge in [-0.05, 0) is 48.0 Å². The average molecular weight is 499 g/mol. The molecule has 2 N–H and O–H groups in total. The number of hydrogen-bond donors (Lipinski definition) is 2. The predicted octanol–water partition coefficient (Wildman–Crippen LogP) is 2.83. The van der Waals surface area contributed by atoms with Crippen LogP contribution in [0.5, 0.6) is 0 Å². The fraction of sp³-hybridized carbons (Fsp3) is 0.208. The Morgan fingerprint density at radius 1 is 1.17 bits per heavy atom. The van der Waals surface area contributed by atoms with Crippen LogP contribution in [0.25, 0.3) is 11.1 Å². The highest BCUT2D eigenvalue weighted by Gasteiger charge is 2.32. The number of nitrogens with one attached hydrogen (secondary N) is 2. The molecule has 1 saturated heterocycles. The number of sulfonamides is 1. The molecule has 2 aromatic carbocycles. The Morgan fingerprint density at radius 3 is 2.60 bits per heavy atom. The summed E-state index contributed by atoms with van der Waals surface area (Å²) < 4.78 is 47.8. The first-order chi connectivity index (χ1) is 16.7. The molecule has 0 saturated carbocycles. The summed E-state index contributed by atoms with van der Waals surface area (Å²) in [5, 5.41) is 2.59. The third kappa shape index (κ3) is 5.81. The first-order valence-corrected chi connectivity index (χ1v) is 12.2. The maximum absolute atomic E-state index is 14.9. The highest BCUT2D eigenvalue weighted by molar-refractivity contribution is 7.89. The monoisotopic (exact) mass is 498 g/mol. The Bertz CT molecular complexity index is 1330. The summed E-state index contributed by atoms with van der Waals surface area (Å²) in [4.78, 5) is 28.7. The summed E-state index contributed by atoms with van der Waals surface area (Å²) in [6, 6.07) is 15.4. The van der Waals surface area contributed by atoms with Gasteiger partial charge in [-0.3, -0.25) is 14.7 Å². The van der Waals surface area contributed by atoms with Gasteiger partial charge in [-0.1, -0.05) is 18.2 Å². The molecule has 0 radical (unpaired) electrons. The molecule has 182 valence electrons. The summed E-state index contributed by atoms with van der Waals surface area (Å²) >= 11 is 0. The molecule has 1 fully saturated rings. The maximum Gasteiger partial charge on any atom is 0.414 e. The van der Waals surface area contributed by atoms with Gasteiger partial charge in [-0.15, -0.1) is 0 Å². The van der Waals surface area contributed by atoms with E-state index in [0.717, 1.165) is 0 Å². The molecular weight excluding hydrogens is 475 g/mol. The van der Waals surface area contributed by atoms with Crippen LogP contribution in [0.1, 0.15) is 12.6 Å². The summed E-state index contributed by atoms with van der Waals surface area (Å²) in [7, 11) is -3.77. The number of rotatable bonds is 8. The molecule has 1 aliphatic rings. The van der Waals surface area contributed by atoms with Crippen molar-refractivity contribution in [1.82, 2.24) is 15.0 Å². The first kappa shape index (κ1) is 24.3. The third-order valence-corrected chi connectivity index (χ3v) is 6.78. The zero-order valence-corrected chi connectivity index (χ0v) is 19.6. The molecule has 2 amide bonds. The number of ether oxygens (including phenoxy) is 1. The minimum atomic E-state index is -3.77. The first-order valence-electron chi connectivity index (χ1n) is 10.7. The van der Waals surface area contributed by atoms with Crippen molar-refractivity contribution in [2.45, 2.75) is 24.5 Å². The minimum absolute atomic E-state index is 0.0410. The van der Waals surface area contributed by atoms with Crippen molar-refractivity contribution in [1.29, 1.82) is 0 Å². The number of pyridine rings is 1. The van der Waals surface area contributed by atoms with E-state index in [1.807, 2.05) is 0 Å². The number of anilines is 1. The van der Waals surface area contributed by atoms with Gasteiger partial charge in [0.25, 0.3) is 0 Å². The minimum Gasteiger partial charge on any atom is -0.442 e. The Hall–Kier alpha value is -3.83. The van der Waals surface area contributed by atoms with Crippen LogP contribution < -0.4 is 14.9 Å². The highest BCUT2D eigenvalue weighted by Crippen LogP contribution is 2.29. The SMILES string of the molecule is CC(=O)NC[C@H]1CN(c2ccc(-c3ccc(S(=O)(=O)NCc4ccccn4)cc3)c(F)c2)C(=O)O1. The molecule has 9 nitrogen and oxygen atoms in total. The zero-order valence-electron chi connectivity index (χ0n) is 18.8. The second-order valence-electron chi connectivity index (χ2n) is 7.89. The number of aromatic nitrogens is 1. The van der Waals surface area contributed by atoms with E-state index in [-0.39, 0.29) is 36.0 Å². The van der Waals surface area contributed by atoms with Crippen molar-refractivity contribution in [3.63, 3.8) is 0 Å². The molecule has 4 rings (SSSR count). The number of carbonyl (C=O) groups excluding carboxylic acids is 2. The van der Waals surface area contributed by atoms with Crippen molar-refractivity contribution in [3.05, 3.63) is 78.4 Å².